The molecule has 10 heteroatoms. The van der Waals surface area contributed by atoms with Crippen molar-refractivity contribution in [3.63, 3.8) is 0 Å². The number of amides is 3. The second-order valence-electron chi connectivity index (χ2n) is 6.24. The van der Waals surface area contributed by atoms with Gasteiger partial charge < -0.3 is 9.84 Å². The largest absolute Gasteiger partial charge is 0.520 e. The summed E-state index contributed by atoms with van der Waals surface area (Å²) >= 11 is 0. The Labute approximate surface area is 164 Å². The van der Waals surface area contributed by atoms with Gasteiger partial charge in [-0.1, -0.05) is 18.1 Å². The fraction of sp³-hybridized carbons (Fsp3) is 0.389. The van der Waals surface area contributed by atoms with E-state index in [1.54, 1.807) is 25.1 Å². The topological polar surface area (TPSA) is 130 Å². The fourth-order valence-corrected chi connectivity index (χ4v) is 4.76. The molecule has 0 radical (unpaired) electrons. The van der Waals surface area contributed by atoms with Crippen LogP contribution in [0.4, 0.5) is 4.79 Å². The van der Waals surface area contributed by atoms with Gasteiger partial charge in [0.1, 0.15) is 17.1 Å². The molecule has 150 valence electrons. The summed E-state index contributed by atoms with van der Waals surface area (Å²) in [6.45, 7) is 1.24. The third kappa shape index (κ3) is 3.91. The number of hydrogen-bond acceptors (Lipinski definition) is 6. The van der Waals surface area contributed by atoms with E-state index in [1.807, 2.05) is 0 Å². The standard InChI is InChI=1S/C18H20N2O7S/c1-2-3-12-27-14-6-4-5-7-15(14)28(26)18(16(22)19-25)8-10-20(13-21,11-9-18)17(23)24/h4-7,13H,8-12H2,1H3,(H2-,19,22,23,24,25)/p+1. The number of ether oxygens (including phenoxy) is 1. The summed E-state index contributed by atoms with van der Waals surface area (Å²) in [6, 6.07) is 6.42. The summed E-state index contributed by atoms with van der Waals surface area (Å²) in [6.07, 6.45) is -1.41. The molecule has 0 aromatic heterocycles. The fourth-order valence-electron chi connectivity index (χ4n) is 3.06. The van der Waals surface area contributed by atoms with E-state index in [1.165, 1.54) is 11.5 Å². The number of hydroxylamine groups is 1. The summed E-state index contributed by atoms with van der Waals surface area (Å²) in [5, 5.41) is 18.6. The first-order valence-corrected chi connectivity index (χ1v) is 9.56. The van der Waals surface area contributed by atoms with Crippen molar-refractivity contribution in [3.05, 3.63) is 24.3 Å². The number of imide groups is 1. The predicted molar refractivity (Wildman–Crippen MR) is 97.8 cm³/mol. The van der Waals surface area contributed by atoms with E-state index in [2.05, 4.69) is 11.8 Å². The molecule has 0 aliphatic carbocycles. The van der Waals surface area contributed by atoms with E-state index >= 15 is 0 Å². The average Bonchev–Trinajstić information content (AvgIpc) is 2.73. The average molecular weight is 409 g/mol. The second kappa shape index (κ2) is 8.97. The first kappa shape index (κ1) is 21.6. The number of nitrogens with one attached hydrogen (secondary N) is 1. The maximum absolute atomic E-state index is 13.4. The van der Waals surface area contributed by atoms with Gasteiger partial charge in [0.15, 0.2) is 0 Å². The molecule has 9 nitrogen and oxygen atoms in total. The minimum Gasteiger partial charge on any atom is -0.480 e. The van der Waals surface area contributed by atoms with Gasteiger partial charge in [-0.05, 0) is 19.1 Å². The van der Waals surface area contributed by atoms with E-state index in [-0.39, 0.29) is 43.2 Å². The highest BCUT2D eigenvalue weighted by Gasteiger charge is 2.55. The lowest BCUT2D eigenvalue weighted by Crippen LogP contribution is -2.63. The highest BCUT2D eigenvalue weighted by molar-refractivity contribution is 7.87. The van der Waals surface area contributed by atoms with Gasteiger partial charge in [-0.3, -0.25) is 14.2 Å². The van der Waals surface area contributed by atoms with E-state index in [4.69, 9.17) is 4.74 Å². The molecule has 1 fully saturated rings. The van der Waals surface area contributed by atoms with Crippen molar-refractivity contribution in [1.29, 1.82) is 0 Å². The summed E-state index contributed by atoms with van der Waals surface area (Å²) in [4.78, 5) is 35.5. The third-order valence-electron chi connectivity index (χ3n) is 4.81. The molecule has 1 aliphatic rings. The van der Waals surface area contributed by atoms with Crippen molar-refractivity contribution >= 4 is 29.2 Å². The number of rotatable bonds is 6. The quantitative estimate of drug-likeness (QED) is 0.209. The van der Waals surface area contributed by atoms with E-state index in [0.717, 1.165) is 0 Å². The summed E-state index contributed by atoms with van der Waals surface area (Å²) in [7, 11) is -1.99. The molecule has 0 bridgehead atoms. The molecular weight excluding hydrogens is 388 g/mol. The Morgan fingerprint density at radius 2 is 2.00 bits per heavy atom. The van der Waals surface area contributed by atoms with Crippen molar-refractivity contribution in [2.24, 2.45) is 0 Å². The van der Waals surface area contributed by atoms with Crippen molar-refractivity contribution in [2.45, 2.75) is 29.4 Å². The Kier molecular flexibility index (Phi) is 6.90. The normalized spacial score (nSPS) is 24.9. The van der Waals surface area contributed by atoms with Crippen LogP contribution in [0, 0.1) is 11.8 Å². The number of carbonyl (C=O) groups is 3. The van der Waals surface area contributed by atoms with Gasteiger partial charge in [-0.2, -0.15) is 9.28 Å². The van der Waals surface area contributed by atoms with Crippen LogP contribution < -0.4 is 10.2 Å². The molecule has 1 aromatic carbocycles. The molecule has 1 unspecified atom stereocenters. The maximum Gasteiger partial charge on any atom is 0.520 e. The number of likely N-dealkylation sites (tertiary alicyclic amines) is 1. The highest BCUT2D eigenvalue weighted by atomic mass is 32.2. The van der Waals surface area contributed by atoms with Crippen LogP contribution in [0.2, 0.25) is 0 Å². The Morgan fingerprint density at radius 1 is 1.36 bits per heavy atom. The molecule has 3 N–H and O–H groups in total. The number of carbonyl (C=O) groups excluding carboxylic acids is 2. The van der Waals surface area contributed by atoms with Gasteiger partial charge >= 0.3 is 12.5 Å². The second-order valence-corrected chi connectivity index (χ2v) is 7.99. The number of quaternary nitrogens is 1. The predicted octanol–water partition coefficient (Wildman–Crippen LogP) is 0.885. The van der Waals surface area contributed by atoms with Crippen LogP contribution in [0.15, 0.2) is 29.2 Å². The number of piperidine rings is 1. The van der Waals surface area contributed by atoms with Crippen molar-refractivity contribution in [3.8, 4) is 17.6 Å². The molecule has 1 atom stereocenters. The van der Waals surface area contributed by atoms with E-state index < -0.39 is 32.0 Å². The van der Waals surface area contributed by atoms with Crippen molar-refractivity contribution in [2.75, 3.05) is 19.7 Å². The smallest absolute Gasteiger partial charge is 0.480 e. The highest BCUT2D eigenvalue weighted by Crippen LogP contribution is 2.38. The van der Waals surface area contributed by atoms with Crippen LogP contribution >= 0.6 is 0 Å². The molecule has 0 spiro atoms. The number of nitrogens with zero attached hydrogens (tertiary/aromatic N) is 1. The first-order chi connectivity index (χ1) is 13.4. The zero-order valence-corrected chi connectivity index (χ0v) is 16.0. The lowest BCUT2D eigenvalue weighted by Gasteiger charge is -2.39. The molecule has 0 saturated carbocycles. The van der Waals surface area contributed by atoms with Gasteiger partial charge in [0.05, 0.1) is 28.8 Å². The molecule has 1 aliphatic heterocycles. The van der Waals surface area contributed by atoms with Crippen LogP contribution in [-0.2, 0) is 20.4 Å². The van der Waals surface area contributed by atoms with Crippen molar-refractivity contribution in [1.82, 2.24) is 5.48 Å². The summed E-state index contributed by atoms with van der Waals surface area (Å²) in [5.41, 5.74) is 1.53. The van der Waals surface area contributed by atoms with Gasteiger partial charge in [0, 0.05) is 12.8 Å². The Hall–Kier alpha value is -2.74. The van der Waals surface area contributed by atoms with Crippen LogP contribution in [0.3, 0.4) is 0 Å². The van der Waals surface area contributed by atoms with Crippen LogP contribution in [0.25, 0.3) is 0 Å². The Morgan fingerprint density at radius 3 is 2.54 bits per heavy atom. The number of hydrogen-bond donors (Lipinski definition) is 3. The third-order valence-corrected chi connectivity index (χ3v) is 6.85. The van der Waals surface area contributed by atoms with E-state index in [0.29, 0.717) is 6.41 Å². The van der Waals surface area contributed by atoms with Gasteiger partial charge in [0.25, 0.3) is 5.91 Å². The molecule has 3 amide bonds. The van der Waals surface area contributed by atoms with Crippen LogP contribution in [0.5, 0.6) is 5.75 Å². The molecule has 2 rings (SSSR count). The molecule has 1 saturated heterocycles. The molecule has 1 heterocycles. The van der Waals surface area contributed by atoms with Crippen molar-refractivity contribution < 1.29 is 38.1 Å². The monoisotopic (exact) mass is 409 g/mol. The summed E-state index contributed by atoms with van der Waals surface area (Å²) in [5.74, 6) is 4.76. The minimum absolute atomic E-state index is 0.0636. The lowest BCUT2D eigenvalue weighted by atomic mass is 9.93. The first-order valence-electron chi connectivity index (χ1n) is 8.41. The van der Waals surface area contributed by atoms with Gasteiger partial charge in [0.2, 0.25) is 0 Å². The SMILES string of the molecule is CC#CCOc1ccccc1S(=O)C1(C(=O)NO)CC[N+](C=O)(C(=O)O)CC1. The zero-order valence-electron chi connectivity index (χ0n) is 15.2. The van der Waals surface area contributed by atoms with Gasteiger partial charge in [-0.25, -0.2) is 10.3 Å². The van der Waals surface area contributed by atoms with E-state index in [9.17, 15) is 28.9 Å². The minimum atomic E-state index is -1.99. The molecule has 1 aromatic rings. The van der Waals surface area contributed by atoms with Gasteiger partial charge in [-0.15, -0.1) is 5.92 Å². The summed E-state index contributed by atoms with van der Waals surface area (Å²) < 4.78 is 16.5. The maximum atomic E-state index is 13.4. The van der Waals surface area contributed by atoms with Crippen LogP contribution in [0.1, 0.15) is 19.8 Å². The Bertz CT molecular complexity index is 851. The lowest BCUT2D eigenvalue weighted by molar-refractivity contribution is -0.778. The zero-order chi connectivity index (χ0) is 20.8. The Balaban J connectivity index is 2.41. The molecule has 28 heavy (non-hydrogen) atoms. The van der Waals surface area contributed by atoms with Crippen LogP contribution in [-0.4, -0.2) is 61.9 Å². The number of para-hydroxylation sites is 1. The number of benzene rings is 1. The number of carboxylic acid groups (broad SMARTS) is 1. The molecular formula is C18H21N2O7S+.